The zero-order valence-electron chi connectivity index (χ0n) is 44.8. The summed E-state index contributed by atoms with van der Waals surface area (Å²) in [5.41, 5.74) is 0.0106. The Morgan fingerprint density at radius 3 is 1.09 bits per heavy atom. The predicted molar refractivity (Wildman–Crippen MR) is 303 cm³/mol. The van der Waals surface area contributed by atoms with Crippen LogP contribution in [0.3, 0.4) is 0 Å². The highest BCUT2D eigenvalue weighted by molar-refractivity contribution is 8.17. The van der Waals surface area contributed by atoms with Crippen molar-refractivity contribution in [3.63, 3.8) is 0 Å². The molecule has 10 heteroatoms. The lowest BCUT2D eigenvalue weighted by atomic mass is 9.73. The Morgan fingerprint density at radius 2 is 0.776 bits per heavy atom. The molecule has 1 N–H and O–H groups in total. The Kier molecular flexibility index (Phi) is 48.5. The Morgan fingerprint density at radius 1 is 0.463 bits per heavy atom. The molecule has 1 saturated heterocycles. The number of nitrogens with zero attached hydrogens (tertiary/aromatic N) is 1. The summed E-state index contributed by atoms with van der Waals surface area (Å²) in [4.78, 5) is 29.1. The summed E-state index contributed by atoms with van der Waals surface area (Å²) in [5, 5.41) is 9.35. The molecule has 0 bridgehead atoms. The lowest BCUT2D eigenvalue weighted by Crippen LogP contribution is -2.42. The highest BCUT2D eigenvalue weighted by Crippen LogP contribution is 2.39. The molecule has 0 unspecified atom stereocenters. The number of aliphatic hydroxyl groups is 1. The van der Waals surface area contributed by atoms with E-state index in [1.54, 1.807) is 0 Å². The van der Waals surface area contributed by atoms with Gasteiger partial charge in [0.1, 0.15) is 0 Å². The summed E-state index contributed by atoms with van der Waals surface area (Å²) in [6, 6.07) is 0. The minimum Gasteiger partial charge on any atom is -0.466 e. The standard InChI is InChI=1S/C57H111NO5S4/c1-5-9-13-17-21-25-31-49-64-55(65-50-32-26-22-18-14-10-6-2)37-35-53(60)62-47-41-57(39-44-58(45-40-57)43-29-30-46-59)42-48-63-54(61)36-38-56(66-51-33-27-23-19-15-11-7-3)67-52-34-28-24-20-16-12-8-4/h55-56,59H,5-52H2,1-4H3. The maximum atomic E-state index is 13.3. The number of carbonyl (C=O) groups is 2. The van der Waals surface area contributed by atoms with Gasteiger partial charge in [0.2, 0.25) is 0 Å². The van der Waals surface area contributed by atoms with Gasteiger partial charge in [0.15, 0.2) is 0 Å². The maximum Gasteiger partial charge on any atom is 0.305 e. The van der Waals surface area contributed by atoms with Crippen molar-refractivity contribution in [2.45, 2.75) is 281 Å². The molecule has 0 aromatic carbocycles. The molecule has 1 fully saturated rings. The average Bonchev–Trinajstić information content (AvgIpc) is 3.33. The number of carbonyl (C=O) groups excluding carboxylic acids is 2. The first kappa shape index (κ1) is 65.3. The lowest BCUT2D eigenvalue weighted by molar-refractivity contribution is -0.145. The van der Waals surface area contributed by atoms with Crippen LogP contribution in [0.15, 0.2) is 0 Å². The van der Waals surface area contributed by atoms with Gasteiger partial charge in [-0.3, -0.25) is 9.59 Å². The van der Waals surface area contributed by atoms with Crippen LogP contribution in [0.2, 0.25) is 0 Å². The van der Waals surface area contributed by atoms with Crippen molar-refractivity contribution < 1.29 is 24.2 Å². The van der Waals surface area contributed by atoms with E-state index in [2.05, 4.69) is 79.6 Å². The van der Waals surface area contributed by atoms with Gasteiger partial charge in [0.25, 0.3) is 0 Å². The highest BCUT2D eigenvalue weighted by Gasteiger charge is 2.35. The van der Waals surface area contributed by atoms with Crippen LogP contribution in [0.1, 0.15) is 272 Å². The van der Waals surface area contributed by atoms with Crippen molar-refractivity contribution in [2.75, 3.05) is 62.5 Å². The number of piperidine rings is 1. The molecule has 398 valence electrons. The van der Waals surface area contributed by atoms with E-state index < -0.39 is 0 Å². The van der Waals surface area contributed by atoms with Crippen LogP contribution in [0.5, 0.6) is 0 Å². The summed E-state index contributed by atoms with van der Waals surface area (Å²) in [5.74, 6) is 4.67. The molecule has 67 heavy (non-hydrogen) atoms. The maximum absolute atomic E-state index is 13.3. The first-order valence-corrected chi connectivity index (χ1v) is 33.2. The molecular formula is C57H111NO5S4. The molecule has 0 aromatic heterocycles. The van der Waals surface area contributed by atoms with E-state index in [1.165, 1.54) is 203 Å². The molecule has 1 aliphatic heterocycles. The molecule has 0 radical (unpaired) electrons. The number of rotatable bonds is 52. The highest BCUT2D eigenvalue weighted by atomic mass is 32.2. The fraction of sp³-hybridized carbons (Fsp3) is 0.965. The monoisotopic (exact) mass is 1020 g/mol. The number of hydrogen-bond acceptors (Lipinski definition) is 10. The molecular weight excluding hydrogens is 907 g/mol. The first-order valence-electron chi connectivity index (χ1n) is 29.0. The molecule has 0 spiro atoms. The summed E-state index contributed by atoms with van der Waals surface area (Å²) < 4.78 is 13.0. The van der Waals surface area contributed by atoms with Gasteiger partial charge in [-0.15, -0.1) is 47.0 Å². The zero-order chi connectivity index (χ0) is 48.6. The van der Waals surface area contributed by atoms with E-state index in [0.29, 0.717) is 35.2 Å². The van der Waals surface area contributed by atoms with E-state index in [1.807, 2.05) is 0 Å². The van der Waals surface area contributed by atoms with E-state index in [4.69, 9.17) is 9.47 Å². The van der Waals surface area contributed by atoms with Crippen LogP contribution < -0.4 is 0 Å². The SMILES string of the molecule is CCCCCCCCCSC(CCC(=O)OCCC1(CCOC(=O)CCC(SCCCCCCCCC)SCCCCCCCCC)CCN(CCCCO)CC1)SCCCCCCCCC. The number of likely N-dealkylation sites (tertiary alicyclic amines) is 1. The number of ether oxygens (including phenoxy) is 2. The van der Waals surface area contributed by atoms with Crippen molar-refractivity contribution >= 4 is 59.0 Å². The molecule has 0 aliphatic carbocycles. The van der Waals surface area contributed by atoms with Crippen LogP contribution in [-0.2, 0) is 19.1 Å². The largest absolute Gasteiger partial charge is 0.466 e. The summed E-state index contributed by atoms with van der Waals surface area (Å²) >= 11 is 8.34. The molecule has 0 atom stereocenters. The quantitative estimate of drug-likeness (QED) is 0.0362. The Labute approximate surface area is 434 Å². The van der Waals surface area contributed by atoms with Gasteiger partial charge >= 0.3 is 11.9 Å². The van der Waals surface area contributed by atoms with Crippen LogP contribution in [0.25, 0.3) is 0 Å². The number of aliphatic hydroxyl groups excluding tert-OH is 1. The summed E-state index contributed by atoms with van der Waals surface area (Å²) in [6.07, 6.45) is 45.8. The fourth-order valence-corrected chi connectivity index (χ4v) is 14.8. The number of esters is 2. The van der Waals surface area contributed by atoms with Crippen LogP contribution in [-0.4, -0.2) is 93.6 Å². The minimum atomic E-state index is -0.0506. The first-order chi connectivity index (χ1) is 32.9. The van der Waals surface area contributed by atoms with E-state index in [9.17, 15) is 14.7 Å². The predicted octanol–water partition coefficient (Wildman–Crippen LogP) is 17.9. The third-order valence-electron chi connectivity index (χ3n) is 14.0. The van der Waals surface area contributed by atoms with Crippen LogP contribution >= 0.6 is 47.0 Å². The third kappa shape index (κ3) is 41.4. The van der Waals surface area contributed by atoms with Gasteiger partial charge < -0.3 is 19.5 Å². The van der Waals surface area contributed by atoms with Gasteiger partial charge in [-0.05, 0) is 125 Å². The van der Waals surface area contributed by atoms with Gasteiger partial charge in [-0.25, -0.2) is 0 Å². The van der Waals surface area contributed by atoms with Crippen LogP contribution in [0, 0.1) is 5.41 Å². The van der Waals surface area contributed by atoms with Crippen molar-refractivity contribution in [1.82, 2.24) is 4.90 Å². The van der Waals surface area contributed by atoms with Crippen molar-refractivity contribution in [1.29, 1.82) is 0 Å². The Balaban J connectivity index is 2.69. The molecule has 6 nitrogen and oxygen atoms in total. The molecule has 1 heterocycles. The second kappa shape index (κ2) is 49.8. The van der Waals surface area contributed by atoms with Crippen molar-refractivity contribution in [3.05, 3.63) is 0 Å². The molecule has 0 saturated carbocycles. The summed E-state index contributed by atoms with van der Waals surface area (Å²) in [7, 11) is 0. The topological polar surface area (TPSA) is 76.1 Å². The molecule has 1 aliphatic rings. The number of unbranched alkanes of at least 4 members (excludes halogenated alkanes) is 25. The van der Waals surface area contributed by atoms with Gasteiger partial charge in [0, 0.05) is 19.4 Å². The normalized spacial score (nSPS) is 14.1. The van der Waals surface area contributed by atoms with Gasteiger partial charge in [0.05, 0.1) is 22.4 Å². The zero-order valence-corrected chi connectivity index (χ0v) is 48.0. The summed E-state index contributed by atoms with van der Waals surface area (Å²) in [6.45, 7) is 13.3. The second-order valence-corrected chi connectivity index (χ2v) is 26.0. The van der Waals surface area contributed by atoms with E-state index in [0.717, 1.165) is 71.0 Å². The van der Waals surface area contributed by atoms with Crippen molar-refractivity contribution in [3.8, 4) is 0 Å². The molecule has 0 aromatic rings. The van der Waals surface area contributed by atoms with Crippen molar-refractivity contribution in [2.24, 2.45) is 5.41 Å². The fourth-order valence-electron chi connectivity index (χ4n) is 9.23. The van der Waals surface area contributed by atoms with Crippen LogP contribution in [0.4, 0.5) is 0 Å². The second-order valence-electron chi connectivity index (χ2n) is 20.1. The number of hydrogen-bond donors (Lipinski definition) is 1. The van der Waals surface area contributed by atoms with E-state index >= 15 is 0 Å². The molecule has 1 rings (SSSR count). The average molecular weight is 1020 g/mol. The van der Waals surface area contributed by atoms with Gasteiger partial charge in [-0.1, -0.05) is 182 Å². The van der Waals surface area contributed by atoms with Gasteiger partial charge in [-0.2, -0.15) is 0 Å². The Bertz CT molecular complexity index is 955. The lowest BCUT2D eigenvalue weighted by Gasteiger charge is -2.42. The number of thioether (sulfide) groups is 4. The van der Waals surface area contributed by atoms with E-state index in [-0.39, 0.29) is 24.0 Å². The molecule has 0 amide bonds. The Hall–Kier alpha value is 0.260. The third-order valence-corrected chi connectivity index (χ3v) is 20.1. The smallest absolute Gasteiger partial charge is 0.305 e. The minimum absolute atomic E-state index is 0.0106.